The Morgan fingerprint density at radius 3 is 2.05 bits per heavy atom. The maximum Gasteiger partial charge on any atom is 0.122 e. The number of aliphatic hydroxyl groups is 1. The van der Waals surface area contributed by atoms with E-state index < -0.39 is 12.4 Å². The molecule has 0 spiro atoms. The molecule has 0 rings (SSSR count). The van der Waals surface area contributed by atoms with Gasteiger partial charge in [0.1, 0.15) is 5.83 Å². The Labute approximate surface area is 122 Å². The van der Waals surface area contributed by atoms with Crippen LogP contribution in [-0.2, 0) is 0 Å². The van der Waals surface area contributed by atoms with Crippen molar-refractivity contribution < 1.29 is 13.9 Å². The van der Waals surface area contributed by atoms with Gasteiger partial charge in [0.25, 0.3) is 0 Å². The second kappa shape index (κ2) is 14.4. The van der Waals surface area contributed by atoms with Gasteiger partial charge in [-0.05, 0) is 44.6 Å². The molecule has 116 valence electrons. The van der Waals surface area contributed by atoms with E-state index in [4.69, 9.17) is 5.11 Å². The van der Waals surface area contributed by atoms with Gasteiger partial charge in [-0.1, -0.05) is 38.0 Å². The second-order valence-electron chi connectivity index (χ2n) is 4.92. The third kappa shape index (κ3) is 13.5. The van der Waals surface area contributed by atoms with E-state index in [-0.39, 0.29) is 12.2 Å². The van der Waals surface area contributed by atoms with E-state index >= 15 is 0 Å². The molecule has 20 heavy (non-hydrogen) atoms. The number of unbranched alkanes of at least 4 members (excludes halogenated alkanes) is 6. The number of allylic oxidation sites excluding steroid dienone is 5. The lowest BCUT2D eigenvalue weighted by Crippen LogP contribution is -1.82. The maximum atomic E-state index is 13.2. The molecule has 1 nitrogen and oxygen atoms in total. The monoisotopic (exact) mass is 286 g/mol. The molecule has 0 aromatic heterocycles. The molecule has 0 aliphatic carbocycles. The van der Waals surface area contributed by atoms with Crippen molar-refractivity contribution in [3.05, 3.63) is 36.0 Å². The van der Waals surface area contributed by atoms with Gasteiger partial charge in [0.2, 0.25) is 0 Å². The van der Waals surface area contributed by atoms with Crippen LogP contribution in [0.25, 0.3) is 0 Å². The molecule has 0 aliphatic heterocycles. The maximum absolute atomic E-state index is 13.2. The fourth-order valence-electron chi connectivity index (χ4n) is 1.77. The molecule has 0 atom stereocenters. The van der Waals surface area contributed by atoms with Gasteiger partial charge in [-0.3, -0.25) is 0 Å². The quantitative estimate of drug-likeness (QED) is 0.356. The summed E-state index contributed by atoms with van der Waals surface area (Å²) in [6.45, 7) is 1.54. The van der Waals surface area contributed by atoms with Crippen LogP contribution in [0.5, 0.6) is 0 Å². The minimum Gasteiger partial charge on any atom is -0.389 e. The molecule has 0 fully saturated rings. The van der Waals surface area contributed by atoms with Crippen LogP contribution in [-0.4, -0.2) is 11.7 Å². The van der Waals surface area contributed by atoms with Crippen LogP contribution in [0.2, 0.25) is 0 Å². The highest BCUT2D eigenvalue weighted by molar-refractivity contribution is 5.02. The summed E-state index contributed by atoms with van der Waals surface area (Å²) in [4.78, 5) is 0. The SMILES string of the molecule is CCCCCC=CCCCCC=C(F)CC=C(F)CO. The first-order valence-electron chi connectivity index (χ1n) is 7.65. The zero-order valence-corrected chi connectivity index (χ0v) is 12.6. The molecule has 0 heterocycles. The Morgan fingerprint density at radius 2 is 1.45 bits per heavy atom. The highest BCUT2D eigenvalue weighted by Gasteiger charge is 1.95. The first kappa shape index (κ1) is 19.0. The van der Waals surface area contributed by atoms with Crippen LogP contribution < -0.4 is 0 Å². The first-order valence-corrected chi connectivity index (χ1v) is 7.65. The van der Waals surface area contributed by atoms with Gasteiger partial charge in [-0.25, -0.2) is 8.78 Å². The van der Waals surface area contributed by atoms with Crippen LogP contribution in [0.4, 0.5) is 8.78 Å². The Hall–Kier alpha value is -0.960. The predicted molar refractivity (Wildman–Crippen MR) is 81.8 cm³/mol. The van der Waals surface area contributed by atoms with Gasteiger partial charge in [0.15, 0.2) is 0 Å². The van der Waals surface area contributed by atoms with Gasteiger partial charge in [-0.2, -0.15) is 0 Å². The van der Waals surface area contributed by atoms with E-state index in [2.05, 4.69) is 19.1 Å². The van der Waals surface area contributed by atoms with Crippen molar-refractivity contribution in [3.8, 4) is 0 Å². The van der Waals surface area contributed by atoms with Crippen molar-refractivity contribution >= 4 is 0 Å². The summed E-state index contributed by atoms with van der Waals surface area (Å²) in [7, 11) is 0. The summed E-state index contributed by atoms with van der Waals surface area (Å²) in [6.07, 6.45) is 15.6. The lowest BCUT2D eigenvalue weighted by molar-refractivity contribution is 0.297. The van der Waals surface area contributed by atoms with Gasteiger partial charge >= 0.3 is 0 Å². The summed E-state index contributed by atoms with van der Waals surface area (Å²) in [5, 5.41) is 8.42. The number of rotatable bonds is 12. The zero-order chi connectivity index (χ0) is 15.1. The van der Waals surface area contributed by atoms with Gasteiger partial charge in [0, 0.05) is 6.42 Å². The van der Waals surface area contributed by atoms with Crippen LogP contribution >= 0.6 is 0 Å². The van der Waals surface area contributed by atoms with E-state index in [9.17, 15) is 8.78 Å². The summed E-state index contributed by atoms with van der Waals surface area (Å²) in [6, 6.07) is 0. The van der Waals surface area contributed by atoms with E-state index in [1.54, 1.807) is 0 Å². The molecule has 3 heteroatoms. The molecular formula is C17H28F2O. The summed E-state index contributed by atoms with van der Waals surface area (Å²) in [5.74, 6) is -1.01. The van der Waals surface area contributed by atoms with Crippen molar-refractivity contribution in [1.29, 1.82) is 0 Å². The molecule has 0 aromatic carbocycles. The van der Waals surface area contributed by atoms with Crippen molar-refractivity contribution in [2.75, 3.05) is 6.61 Å². The molecule has 1 N–H and O–H groups in total. The molecule has 0 saturated carbocycles. The Bertz CT molecular complexity index is 306. The molecule has 0 aliphatic rings. The highest BCUT2D eigenvalue weighted by Crippen LogP contribution is 2.11. The average Bonchev–Trinajstić information content (AvgIpc) is 2.46. The summed E-state index contributed by atoms with van der Waals surface area (Å²) >= 11 is 0. The standard InChI is InChI=1S/C17H28F2O/c1-2-3-4-5-6-7-8-9-10-11-12-16(18)13-14-17(19)15-20/h6-7,12,14,20H,2-5,8-11,13,15H2,1H3. The lowest BCUT2D eigenvalue weighted by Gasteiger charge is -1.96. The fraction of sp³-hybridized carbons (Fsp3) is 0.647. The normalized spacial score (nSPS) is 13.4. The first-order chi connectivity index (χ1) is 9.70. The molecular weight excluding hydrogens is 258 g/mol. The molecule has 0 amide bonds. The van der Waals surface area contributed by atoms with Crippen LogP contribution in [0.15, 0.2) is 36.0 Å². The van der Waals surface area contributed by atoms with Crippen molar-refractivity contribution in [2.24, 2.45) is 0 Å². The minimum absolute atomic E-state index is 0.0657. The number of aliphatic hydroxyl groups excluding tert-OH is 1. The van der Waals surface area contributed by atoms with E-state index in [1.165, 1.54) is 25.3 Å². The average molecular weight is 286 g/mol. The van der Waals surface area contributed by atoms with Gasteiger partial charge in [-0.15, -0.1) is 0 Å². The van der Waals surface area contributed by atoms with E-state index in [0.717, 1.165) is 31.8 Å². The van der Waals surface area contributed by atoms with E-state index in [0.29, 0.717) is 6.42 Å². The summed E-state index contributed by atoms with van der Waals surface area (Å²) in [5.41, 5.74) is 0. The Balaban J connectivity index is 3.51. The largest absolute Gasteiger partial charge is 0.389 e. The molecule has 0 bridgehead atoms. The lowest BCUT2D eigenvalue weighted by atomic mass is 10.1. The second-order valence-corrected chi connectivity index (χ2v) is 4.92. The van der Waals surface area contributed by atoms with Crippen LogP contribution in [0, 0.1) is 0 Å². The van der Waals surface area contributed by atoms with Crippen molar-refractivity contribution in [1.82, 2.24) is 0 Å². The number of halogens is 2. The zero-order valence-electron chi connectivity index (χ0n) is 12.6. The Morgan fingerprint density at radius 1 is 0.850 bits per heavy atom. The highest BCUT2D eigenvalue weighted by atomic mass is 19.1. The smallest absolute Gasteiger partial charge is 0.122 e. The third-order valence-corrected chi connectivity index (χ3v) is 3.00. The van der Waals surface area contributed by atoms with Crippen LogP contribution in [0.1, 0.15) is 64.7 Å². The third-order valence-electron chi connectivity index (χ3n) is 3.00. The fourth-order valence-corrected chi connectivity index (χ4v) is 1.77. The number of hydrogen-bond acceptors (Lipinski definition) is 1. The van der Waals surface area contributed by atoms with Gasteiger partial charge in [0.05, 0.1) is 12.4 Å². The molecule has 0 aromatic rings. The topological polar surface area (TPSA) is 20.2 Å². The van der Waals surface area contributed by atoms with Crippen molar-refractivity contribution in [2.45, 2.75) is 64.7 Å². The predicted octanol–water partition coefficient (Wildman–Crippen LogP) is 5.77. The van der Waals surface area contributed by atoms with Crippen molar-refractivity contribution in [3.63, 3.8) is 0 Å². The van der Waals surface area contributed by atoms with Gasteiger partial charge < -0.3 is 5.11 Å². The van der Waals surface area contributed by atoms with E-state index in [1.807, 2.05) is 0 Å². The summed E-state index contributed by atoms with van der Waals surface area (Å²) < 4.78 is 25.7. The van der Waals surface area contributed by atoms with Crippen LogP contribution in [0.3, 0.4) is 0 Å². The molecule has 0 radical (unpaired) electrons. The number of hydrogen-bond donors (Lipinski definition) is 1. The molecule has 0 unspecified atom stereocenters. The Kier molecular flexibility index (Phi) is 13.8. The minimum atomic E-state index is -0.679. The molecule has 0 saturated heterocycles.